The van der Waals surface area contributed by atoms with Crippen molar-refractivity contribution in [1.82, 2.24) is 0 Å². The number of rotatable bonds is 3. The largest absolute Gasteiger partial charge is 0.295 e. The normalized spacial score (nSPS) is 11.4. The smallest absolute Gasteiger partial charge is 0.282 e. The maximum atomic E-state index is 11.4. The first-order chi connectivity index (χ1) is 8.52. The summed E-state index contributed by atoms with van der Waals surface area (Å²) in [5, 5.41) is 0.532. The molecule has 0 heterocycles. The number of hydrogen-bond acceptors (Lipinski definition) is 2. The molecule has 0 amide bonds. The van der Waals surface area contributed by atoms with Crippen LogP contribution in [0.2, 0.25) is 0 Å². The molecule has 2 rings (SSSR count). The fourth-order valence-electron chi connectivity index (χ4n) is 1.72. The van der Waals surface area contributed by atoms with Gasteiger partial charge in [-0.2, -0.15) is 8.42 Å². The summed E-state index contributed by atoms with van der Waals surface area (Å²) in [5.41, 5.74) is 2.05. The van der Waals surface area contributed by atoms with Gasteiger partial charge in [-0.05, 0) is 17.2 Å². The van der Waals surface area contributed by atoms with Crippen molar-refractivity contribution >= 4 is 26.0 Å². The lowest BCUT2D eigenvalue weighted by Crippen LogP contribution is -2.01. The molecule has 2 aromatic carbocycles. The molecular weight excluding hydrogens is 316 g/mol. The van der Waals surface area contributed by atoms with Crippen molar-refractivity contribution in [3.63, 3.8) is 0 Å². The Morgan fingerprint density at radius 1 is 1.06 bits per heavy atom. The van der Waals surface area contributed by atoms with E-state index in [9.17, 15) is 13.0 Å². The minimum atomic E-state index is -4.24. The highest BCUT2D eigenvalue weighted by Crippen LogP contribution is 2.28. The van der Waals surface area contributed by atoms with Crippen LogP contribution in [0.3, 0.4) is 0 Å². The Hall–Kier alpha value is -1.17. The third-order valence-corrected chi connectivity index (χ3v) is 4.10. The second kappa shape index (κ2) is 5.22. The van der Waals surface area contributed by atoms with Gasteiger partial charge in [0.2, 0.25) is 0 Å². The summed E-state index contributed by atoms with van der Waals surface area (Å²) in [6, 6.07) is 14.1. The molecule has 0 atom stereocenters. The van der Waals surface area contributed by atoms with Crippen LogP contribution in [-0.4, -0.2) is 13.0 Å². The monoisotopic (exact) mass is 326 g/mol. The Bertz CT molecular complexity index is 651. The van der Waals surface area contributed by atoms with Gasteiger partial charge in [0.05, 0.1) is 0 Å². The van der Waals surface area contributed by atoms with Gasteiger partial charge >= 0.3 is 0 Å². The predicted octanol–water partition coefficient (Wildman–Crippen LogP) is 3.50. The minimum Gasteiger partial charge on any atom is -0.282 e. The lowest BCUT2D eigenvalue weighted by molar-refractivity contribution is 0.483. The zero-order valence-corrected chi connectivity index (χ0v) is 11.8. The van der Waals surface area contributed by atoms with Crippen LogP contribution in [0.4, 0.5) is 0 Å². The van der Waals surface area contributed by atoms with Gasteiger partial charge < -0.3 is 0 Å². The Morgan fingerprint density at radius 3 is 2.28 bits per heavy atom. The van der Waals surface area contributed by atoms with Crippen LogP contribution in [0.15, 0.2) is 53.4 Å². The molecule has 5 heteroatoms. The average molecular weight is 327 g/mol. The molecule has 2 aromatic rings. The van der Waals surface area contributed by atoms with E-state index in [-0.39, 0.29) is 4.90 Å². The number of alkyl halides is 1. The molecule has 0 saturated heterocycles. The van der Waals surface area contributed by atoms with E-state index < -0.39 is 10.1 Å². The Labute approximate surface area is 114 Å². The van der Waals surface area contributed by atoms with Crippen molar-refractivity contribution in [2.24, 2.45) is 0 Å². The number of halogens is 1. The second-order valence-electron chi connectivity index (χ2n) is 3.81. The molecule has 0 fully saturated rings. The van der Waals surface area contributed by atoms with E-state index in [1.807, 2.05) is 24.3 Å². The third kappa shape index (κ3) is 2.80. The van der Waals surface area contributed by atoms with Crippen molar-refractivity contribution in [2.75, 3.05) is 0 Å². The van der Waals surface area contributed by atoms with Crippen molar-refractivity contribution in [3.8, 4) is 11.1 Å². The SMILES string of the molecule is O=S(=O)(O)c1cc(CBr)ccc1-c1ccccc1. The predicted molar refractivity (Wildman–Crippen MR) is 74.3 cm³/mol. The van der Waals surface area contributed by atoms with E-state index in [1.54, 1.807) is 18.2 Å². The molecule has 0 aliphatic rings. The van der Waals surface area contributed by atoms with Crippen LogP contribution in [0.5, 0.6) is 0 Å². The van der Waals surface area contributed by atoms with Gasteiger partial charge in [0.15, 0.2) is 0 Å². The van der Waals surface area contributed by atoms with E-state index in [4.69, 9.17) is 0 Å². The standard InChI is InChI=1S/C13H11BrO3S/c14-9-10-6-7-12(11-4-2-1-3-5-11)13(8-10)18(15,16)17/h1-8H,9H2,(H,15,16,17). The first-order valence-corrected chi connectivity index (χ1v) is 7.80. The molecule has 94 valence electrons. The van der Waals surface area contributed by atoms with Crippen LogP contribution in [-0.2, 0) is 15.4 Å². The summed E-state index contributed by atoms with van der Waals surface area (Å²) in [6.45, 7) is 0. The quantitative estimate of drug-likeness (QED) is 0.693. The Kier molecular flexibility index (Phi) is 3.85. The minimum absolute atomic E-state index is 0.0642. The number of benzene rings is 2. The summed E-state index contributed by atoms with van der Waals surface area (Å²) in [5.74, 6) is 0. The summed E-state index contributed by atoms with van der Waals surface area (Å²) in [7, 11) is -4.24. The van der Waals surface area contributed by atoms with Crippen LogP contribution < -0.4 is 0 Å². The van der Waals surface area contributed by atoms with Crippen molar-refractivity contribution in [1.29, 1.82) is 0 Å². The molecule has 0 aromatic heterocycles. The molecule has 0 aliphatic heterocycles. The van der Waals surface area contributed by atoms with Gasteiger partial charge in [-0.3, -0.25) is 4.55 Å². The van der Waals surface area contributed by atoms with Gasteiger partial charge in [-0.25, -0.2) is 0 Å². The van der Waals surface area contributed by atoms with Crippen molar-refractivity contribution in [3.05, 3.63) is 54.1 Å². The maximum absolute atomic E-state index is 11.4. The van der Waals surface area contributed by atoms with E-state index in [0.717, 1.165) is 11.1 Å². The van der Waals surface area contributed by atoms with E-state index in [2.05, 4.69) is 15.9 Å². The highest BCUT2D eigenvalue weighted by molar-refractivity contribution is 9.08. The van der Waals surface area contributed by atoms with E-state index in [1.165, 1.54) is 6.07 Å². The molecular formula is C13H11BrO3S. The topological polar surface area (TPSA) is 54.4 Å². The molecule has 0 bridgehead atoms. The van der Waals surface area contributed by atoms with E-state index in [0.29, 0.717) is 10.9 Å². The van der Waals surface area contributed by atoms with Crippen molar-refractivity contribution < 1.29 is 13.0 Å². The van der Waals surface area contributed by atoms with Crippen LogP contribution in [0.25, 0.3) is 11.1 Å². The Balaban J connectivity index is 2.69. The summed E-state index contributed by atoms with van der Waals surface area (Å²) < 4.78 is 32.2. The van der Waals surface area contributed by atoms with Crippen LogP contribution in [0.1, 0.15) is 5.56 Å². The van der Waals surface area contributed by atoms with Gasteiger partial charge in [0.1, 0.15) is 4.90 Å². The molecule has 3 nitrogen and oxygen atoms in total. The molecule has 0 saturated carbocycles. The average Bonchev–Trinajstić information content (AvgIpc) is 2.38. The molecule has 0 spiro atoms. The van der Waals surface area contributed by atoms with Crippen LogP contribution in [0, 0.1) is 0 Å². The molecule has 0 radical (unpaired) electrons. The highest BCUT2D eigenvalue weighted by Gasteiger charge is 2.17. The van der Waals surface area contributed by atoms with Gasteiger partial charge in [-0.1, -0.05) is 58.4 Å². The summed E-state index contributed by atoms with van der Waals surface area (Å²) in [6.07, 6.45) is 0. The maximum Gasteiger partial charge on any atom is 0.295 e. The lowest BCUT2D eigenvalue weighted by atomic mass is 10.0. The lowest BCUT2D eigenvalue weighted by Gasteiger charge is -2.09. The summed E-state index contributed by atoms with van der Waals surface area (Å²) in [4.78, 5) is -0.0642. The first kappa shape index (κ1) is 13.3. The molecule has 18 heavy (non-hydrogen) atoms. The zero-order chi connectivity index (χ0) is 13.2. The summed E-state index contributed by atoms with van der Waals surface area (Å²) >= 11 is 3.26. The number of hydrogen-bond donors (Lipinski definition) is 1. The third-order valence-electron chi connectivity index (χ3n) is 2.56. The van der Waals surface area contributed by atoms with Gasteiger partial charge in [-0.15, -0.1) is 0 Å². The molecule has 0 unspecified atom stereocenters. The highest BCUT2D eigenvalue weighted by atomic mass is 79.9. The van der Waals surface area contributed by atoms with Crippen LogP contribution >= 0.6 is 15.9 Å². The first-order valence-electron chi connectivity index (χ1n) is 5.24. The van der Waals surface area contributed by atoms with Gasteiger partial charge in [0.25, 0.3) is 10.1 Å². The van der Waals surface area contributed by atoms with E-state index >= 15 is 0 Å². The fraction of sp³-hybridized carbons (Fsp3) is 0.0769. The fourth-order valence-corrected chi connectivity index (χ4v) is 2.83. The molecule has 1 N–H and O–H groups in total. The zero-order valence-electron chi connectivity index (χ0n) is 9.38. The Morgan fingerprint density at radius 2 is 1.72 bits per heavy atom. The van der Waals surface area contributed by atoms with Crippen molar-refractivity contribution in [2.45, 2.75) is 10.2 Å². The molecule has 0 aliphatic carbocycles. The second-order valence-corrected chi connectivity index (χ2v) is 5.76. The van der Waals surface area contributed by atoms with Gasteiger partial charge in [0, 0.05) is 10.9 Å².